The molecule has 0 saturated carbocycles. The van der Waals surface area contributed by atoms with Crippen LogP contribution in [0.4, 0.5) is 5.69 Å². The fourth-order valence-corrected chi connectivity index (χ4v) is 9.99. The van der Waals surface area contributed by atoms with Crippen molar-refractivity contribution in [3.63, 3.8) is 0 Å². The Hall–Kier alpha value is -7.63. The highest BCUT2D eigenvalue weighted by molar-refractivity contribution is 6.12. The number of aliphatic hydroxyl groups excluding tert-OH is 2. The number of aliphatic hydroxyl groups is 2. The highest BCUT2D eigenvalue weighted by atomic mass is 16.6. The molecule has 13 nitrogen and oxygen atoms in total. The van der Waals surface area contributed by atoms with Gasteiger partial charge in [-0.3, -0.25) is 19.3 Å². The predicted molar refractivity (Wildman–Crippen MR) is 241 cm³/mol. The lowest BCUT2D eigenvalue weighted by Crippen LogP contribution is -2.55. The Bertz CT molecular complexity index is 2950. The van der Waals surface area contributed by atoms with Crippen LogP contribution in [-0.4, -0.2) is 73.7 Å². The summed E-state index contributed by atoms with van der Waals surface area (Å²) in [6, 6.07) is 45.1. The minimum atomic E-state index is -1.84. The number of nitrogens with zero attached hydrogens (tertiary/aromatic N) is 4. The van der Waals surface area contributed by atoms with Crippen molar-refractivity contribution < 1.29 is 34.1 Å². The number of esters is 1. The SMILES string of the molecule is O=C1O[C@H](c2ccccc2)[C@H](c2ccccc2)N2[C@H]1[C@@H](C(=O)NC[C@H](O)c1ccccc1)[C@]1(C(=O)Nc3ccc(C#CCn4nnc5ccccc54)cc31)[C@H]2c1ccccc1OCCO. The second-order valence-electron chi connectivity index (χ2n) is 16.3. The summed E-state index contributed by atoms with van der Waals surface area (Å²) in [5.74, 6) is 3.58. The molecule has 4 N–H and O–H groups in total. The van der Waals surface area contributed by atoms with Crippen molar-refractivity contribution in [2.45, 2.75) is 42.3 Å². The van der Waals surface area contributed by atoms with E-state index >= 15 is 14.4 Å². The summed E-state index contributed by atoms with van der Waals surface area (Å²) >= 11 is 0. The first-order valence-corrected chi connectivity index (χ1v) is 21.5. The molecule has 65 heavy (non-hydrogen) atoms. The van der Waals surface area contributed by atoms with Gasteiger partial charge in [-0.05, 0) is 58.7 Å². The molecule has 13 heteroatoms. The Morgan fingerprint density at radius 3 is 2.31 bits per heavy atom. The molecule has 1 spiro atoms. The molecule has 4 heterocycles. The summed E-state index contributed by atoms with van der Waals surface area (Å²) in [6.07, 6.45) is -1.97. The van der Waals surface area contributed by atoms with Crippen LogP contribution in [-0.2, 0) is 31.1 Å². The van der Waals surface area contributed by atoms with Crippen LogP contribution in [0.2, 0.25) is 0 Å². The van der Waals surface area contributed by atoms with E-state index in [0.717, 1.165) is 22.2 Å². The topological polar surface area (TPSA) is 168 Å². The fourth-order valence-electron chi connectivity index (χ4n) is 9.99. The summed E-state index contributed by atoms with van der Waals surface area (Å²) in [4.78, 5) is 48.3. The molecule has 0 aliphatic carbocycles. The summed E-state index contributed by atoms with van der Waals surface area (Å²) in [7, 11) is 0. The lowest BCUT2D eigenvalue weighted by molar-refractivity contribution is -0.178. The zero-order chi connectivity index (χ0) is 44.5. The van der Waals surface area contributed by atoms with Crippen molar-refractivity contribution in [3.05, 3.63) is 191 Å². The molecule has 2 amide bonds. The number of morpholine rings is 1. The Labute approximate surface area is 374 Å². The van der Waals surface area contributed by atoms with E-state index in [1.165, 1.54) is 0 Å². The highest BCUT2D eigenvalue weighted by Crippen LogP contribution is 2.65. The largest absolute Gasteiger partial charge is 0.491 e. The number of ether oxygens (including phenoxy) is 2. The van der Waals surface area contributed by atoms with Crippen LogP contribution < -0.4 is 15.4 Å². The number of anilines is 1. The number of hydrogen-bond acceptors (Lipinski definition) is 10. The van der Waals surface area contributed by atoms with E-state index in [1.54, 1.807) is 53.2 Å². The first-order chi connectivity index (χ1) is 31.9. The van der Waals surface area contributed by atoms with E-state index in [2.05, 4.69) is 32.8 Å². The van der Waals surface area contributed by atoms with Crippen molar-refractivity contribution in [2.24, 2.45) is 5.92 Å². The summed E-state index contributed by atoms with van der Waals surface area (Å²) < 4.78 is 14.5. The maximum absolute atomic E-state index is 15.6. The van der Waals surface area contributed by atoms with Gasteiger partial charge < -0.3 is 30.3 Å². The molecule has 7 atom stereocenters. The number of nitrogens with one attached hydrogen (secondary N) is 2. The van der Waals surface area contributed by atoms with Crippen LogP contribution in [0.25, 0.3) is 11.0 Å². The van der Waals surface area contributed by atoms with Crippen LogP contribution in [0.3, 0.4) is 0 Å². The maximum atomic E-state index is 15.6. The van der Waals surface area contributed by atoms with Gasteiger partial charge in [-0.15, -0.1) is 5.10 Å². The standard InChI is InChI=1S/C52H44N6O7/c59-29-30-64-43-25-13-10-22-37(43)48-52(38-31-33(26-27-39(38)54-51(52)63)15-14-28-57-41-24-12-11-23-40(41)55-56-57)44(49(61)53-32-42(60)34-16-4-1-5-17-34)46-50(62)65-47(36-20-8-3-9-21-36)45(58(46)48)35-18-6-2-7-19-35/h1-13,16-27,31,42,44-48,59-60H,28-30,32H2,(H,53,61)(H,54,63)/t42-,44-,45-,46-,47+,48+,52-/m0/s1. The van der Waals surface area contributed by atoms with Crippen LogP contribution >= 0.6 is 0 Å². The Morgan fingerprint density at radius 1 is 0.846 bits per heavy atom. The molecule has 3 aliphatic heterocycles. The lowest BCUT2D eigenvalue weighted by atomic mass is 9.65. The van der Waals surface area contributed by atoms with Gasteiger partial charge in [-0.1, -0.05) is 138 Å². The normalized spacial score (nSPS) is 22.6. The average Bonchev–Trinajstić information content (AvgIpc) is 4.00. The molecule has 2 saturated heterocycles. The van der Waals surface area contributed by atoms with E-state index in [1.807, 2.05) is 114 Å². The van der Waals surface area contributed by atoms with E-state index in [0.29, 0.717) is 33.7 Å². The van der Waals surface area contributed by atoms with Crippen LogP contribution in [0.5, 0.6) is 5.75 Å². The molecule has 7 aromatic rings. The molecular weight excluding hydrogens is 821 g/mol. The third-order valence-electron chi connectivity index (χ3n) is 12.7. The molecule has 0 bridgehead atoms. The van der Waals surface area contributed by atoms with Crippen molar-refractivity contribution in [1.29, 1.82) is 0 Å². The number of para-hydroxylation sites is 2. The second kappa shape index (κ2) is 17.5. The van der Waals surface area contributed by atoms with Gasteiger partial charge >= 0.3 is 5.97 Å². The first kappa shape index (κ1) is 41.4. The number of carbonyl (C=O) groups excluding carboxylic acids is 3. The number of rotatable bonds is 11. The number of carbonyl (C=O) groups is 3. The number of hydrogen-bond donors (Lipinski definition) is 4. The zero-order valence-electron chi connectivity index (χ0n) is 35.0. The smallest absolute Gasteiger partial charge is 0.324 e. The average molecular weight is 865 g/mol. The van der Waals surface area contributed by atoms with Crippen LogP contribution in [0.1, 0.15) is 57.7 Å². The molecule has 1 aromatic heterocycles. The highest BCUT2D eigenvalue weighted by Gasteiger charge is 2.74. The molecule has 324 valence electrons. The number of fused-ring (bicyclic) bond motifs is 4. The van der Waals surface area contributed by atoms with Crippen molar-refractivity contribution in [2.75, 3.05) is 25.1 Å². The first-order valence-electron chi connectivity index (χ1n) is 21.5. The van der Waals surface area contributed by atoms with Gasteiger partial charge in [-0.2, -0.15) is 0 Å². The summed E-state index contributed by atoms with van der Waals surface area (Å²) in [5, 5.41) is 36.0. The molecular formula is C52H44N6O7. The van der Waals surface area contributed by atoms with E-state index in [9.17, 15) is 10.2 Å². The number of aromatic nitrogens is 3. The van der Waals surface area contributed by atoms with E-state index < -0.39 is 59.5 Å². The monoisotopic (exact) mass is 864 g/mol. The fraction of sp³-hybridized carbons (Fsp3) is 0.212. The number of cyclic esters (lactones) is 1. The second-order valence-corrected chi connectivity index (χ2v) is 16.3. The Balaban J connectivity index is 1.19. The molecule has 3 aliphatic rings. The van der Waals surface area contributed by atoms with Gasteiger partial charge in [0.15, 0.2) is 0 Å². The Kier molecular flexibility index (Phi) is 11.1. The molecule has 10 rings (SSSR count). The van der Waals surface area contributed by atoms with Gasteiger partial charge in [0.25, 0.3) is 0 Å². The third-order valence-corrected chi connectivity index (χ3v) is 12.7. The van der Waals surface area contributed by atoms with Crippen molar-refractivity contribution in [1.82, 2.24) is 25.2 Å². The third kappa shape index (κ3) is 7.27. The summed E-state index contributed by atoms with van der Waals surface area (Å²) in [6.45, 7) is -0.310. The van der Waals surface area contributed by atoms with Crippen molar-refractivity contribution >= 4 is 34.5 Å². The zero-order valence-corrected chi connectivity index (χ0v) is 35.0. The van der Waals surface area contributed by atoms with Crippen LogP contribution in [0, 0.1) is 17.8 Å². The molecule has 6 aromatic carbocycles. The van der Waals surface area contributed by atoms with Crippen LogP contribution in [0.15, 0.2) is 158 Å². The predicted octanol–water partition coefficient (Wildman–Crippen LogP) is 5.97. The number of amides is 2. The van der Waals surface area contributed by atoms with Gasteiger partial charge in [0.1, 0.15) is 42.0 Å². The summed E-state index contributed by atoms with van der Waals surface area (Å²) in [5.41, 5.74) is 3.81. The minimum Gasteiger partial charge on any atom is -0.491 e. The lowest BCUT2D eigenvalue weighted by Gasteiger charge is -2.46. The number of benzene rings is 6. The maximum Gasteiger partial charge on any atom is 0.324 e. The Morgan fingerprint density at radius 2 is 1.54 bits per heavy atom. The molecule has 0 unspecified atom stereocenters. The van der Waals surface area contributed by atoms with Gasteiger partial charge in [0, 0.05) is 23.4 Å². The van der Waals surface area contributed by atoms with Gasteiger partial charge in [0.2, 0.25) is 11.8 Å². The van der Waals surface area contributed by atoms with Gasteiger partial charge in [0.05, 0.1) is 36.2 Å². The minimum absolute atomic E-state index is 0.0537. The molecule has 2 fully saturated rings. The van der Waals surface area contributed by atoms with E-state index in [-0.39, 0.29) is 26.3 Å². The van der Waals surface area contributed by atoms with E-state index in [4.69, 9.17) is 9.47 Å². The van der Waals surface area contributed by atoms with Gasteiger partial charge in [-0.25, -0.2) is 4.68 Å². The van der Waals surface area contributed by atoms with Crippen molar-refractivity contribution in [3.8, 4) is 17.6 Å². The quantitative estimate of drug-likeness (QED) is 0.0898. The molecule has 0 radical (unpaired) electrons.